The molecule has 2 fully saturated rings. The first-order valence-corrected chi connectivity index (χ1v) is 8.82. The predicted molar refractivity (Wildman–Crippen MR) is 101 cm³/mol. The van der Waals surface area contributed by atoms with Crippen molar-refractivity contribution in [3.8, 4) is 11.5 Å². The van der Waals surface area contributed by atoms with Crippen LogP contribution in [0.2, 0.25) is 0 Å². The van der Waals surface area contributed by atoms with Crippen molar-refractivity contribution in [2.45, 2.75) is 31.9 Å². The molecule has 1 atom stereocenters. The number of halogens is 2. The van der Waals surface area contributed by atoms with Gasteiger partial charge in [-0.3, -0.25) is 0 Å². The Kier molecular flexibility index (Phi) is 6.57. The molecule has 0 aliphatic carbocycles. The lowest BCUT2D eigenvalue weighted by Gasteiger charge is -2.40. The molecule has 0 spiro atoms. The lowest BCUT2D eigenvalue weighted by Crippen LogP contribution is -2.45. The quantitative estimate of drug-likeness (QED) is 0.859. The van der Waals surface area contributed by atoms with Gasteiger partial charge in [-0.25, -0.2) is 4.39 Å². The molecule has 6 heteroatoms. The molecule has 0 saturated carbocycles. The van der Waals surface area contributed by atoms with Gasteiger partial charge < -0.3 is 19.7 Å². The van der Waals surface area contributed by atoms with Crippen molar-refractivity contribution < 1.29 is 13.9 Å². The van der Waals surface area contributed by atoms with Crippen LogP contribution in [-0.4, -0.2) is 51.8 Å². The molecule has 1 aromatic rings. The summed E-state index contributed by atoms with van der Waals surface area (Å²) in [6.07, 6.45) is 2.25. The zero-order valence-corrected chi connectivity index (χ0v) is 16.3. The van der Waals surface area contributed by atoms with E-state index in [9.17, 15) is 0 Å². The Morgan fingerprint density at radius 1 is 1.08 bits per heavy atom. The smallest absolute Gasteiger partial charge is 0.138 e. The van der Waals surface area contributed by atoms with E-state index in [4.69, 9.17) is 9.47 Å². The monoisotopic (exact) mass is 372 g/mol. The highest BCUT2D eigenvalue weighted by Crippen LogP contribution is 2.41. The first-order valence-electron chi connectivity index (χ1n) is 8.82. The molecule has 2 saturated heterocycles. The molecule has 0 amide bonds. The average Bonchev–Trinajstić information content (AvgIpc) is 3.03. The van der Waals surface area contributed by atoms with Crippen LogP contribution in [0, 0.1) is 5.41 Å². The van der Waals surface area contributed by atoms with Gasteiger partial charge in [0.2, 0.25) is 0 Å². The average molecular weight is 373 g/mol. The highest BCUT2D eigenvalue weighted by molar-refractivity contribution is 5.85. The largest absolute Gasteiger partial charge is 0.497 e. The van der Waals surface area contributed by atoms with Crippen molar-refractivity contribution in [3.63, 3.8) is 0 Å². The van der Waals surface area contributed by atoms with Crippen LogP contribution in [0.5, 0.6) is 11.5 Å². The van der Waals surface area contributed by atoms with Gasteiger partial charge in [-0.15, -0.1) is 12.4 Å². The van der Waals surface area contributed by atoms with Crippen molar-refractivity contribution in [1.82, 2.24) is 10.2 Å². The van der Waals surface area contributed by atoms with Crippen LogP contribution in [0.25, 0.3) is 0 Å². The summed E-state index contributed by atoms with van der Waals surface area (Å²) < 4.78 is 26.2. The van der Waals surface area contributed by atoms with Gasteiger partial charge in [0.05, 0.1) is 14.2 Å². The molecular weight excluding hydrogens is 343 g/mol. The molecule has 1 N–H and O–H groups in total. The summed E-state index contributed by atoms with van der Waals surface area (Å²) in [6, 6.07) is 5.40. The van der Waals surface area contributed by atoms with Crippen LogP contribution in [0.15, 0.2) is 18.2 Å². The fourth-order valence-electron chi connectivity index (χ4n) is 3.96. The van der Waals surface area contributed by atoms with Crippen molar-refractivity contribution >= 4 is 12.4 Å². The van der Waals surface area contributed by atoms with Crippen LogP contribution in [0.1, 0.15) is 31.7 Å². The molecule has 3 rings (SSSR count). The fourth-order valence-corrected chi connectivity index (χ4v) is 3.96. The van der Waals surface area contributed by atoms with Crippen LogP contribution >= 0.6 is 12.4 Å². The van der Waals surface area contributed by atoms with Crippen molar-refractivity contribution in [2.24, 2.45) is 5.41 Å². The Labute approximate surface area is 156 Å². The summed E-state index contributed by atoms with van der Waals surface area (Å²) in [6.45, 7) is 7.14. The molecule has 2 aliphatic heterocycles. The summed E-state index contributed by atoms with van der Waals surface area (Å²) in [5, 5.41) is 3.44. The van der Waals surface area contributed by atoms with Crippen molar-refractivity contribution in [1.29, 1.82) is 0 Å². The van der Waals surface area contributed by atoms with Gasteiger partial charge in [-0.05, 0) is 48.9 Å². The number of rotatable bonds is 5. The topological polar surface area (TPSA) is 33.7 Å². The van der Waals surface area contributed by atoms with E-state index in [1.807, 2.05) is 0 Å². The zero-order chi connectivity index (χ0) is 17.2. The van der Waals surface area contributed by atoms with Gasteiger partial charge in [0.1, 0.15) is 17.2 Å². The normalized spacial score (nSPS) is 26.1. The molecule has 2 aliphatic rings. The number of hydrogen-bond acceptors (Lipinski definition) is 4. The van der Waals surface area contributed by atoms with Gasteiger partial charge in [0.25, 0.3) is 0 Å². The fraction of sp³-hybridized carbons (Fsp3) is 0.684. The Bertz CT molecular complexity index is 548. The van der Waals surface area contributed by atoms with Crippen LogP contribution < -0.4 is 14.8 Å². The van der Waals surface area contributed by atoms with Gasteiger partial charge in [-0.2, -0.15) is 0 Å². The van der Waals surface area contributed by atoms with E-state index in [0.29, 0.717) is 35.3 Å². The maximum absolute atomic E-state index is 15.6. The highest BCUT2D eigenvalue weighted by Gasteiger charge is 2.39. The molecule has 0 bridgehead atoms. The third-order valence-corrected chi connectivity index (χ3v) is 5.58. The van der Waals surface area contributed by atoms with Crippen molar-refractivity contribution in [3.05, 3.63) is 23.8 Å². The number of benzene rings is 1. The first kappa shape index (κ1) is 20.3. The predicted octanol–water partition coefficient (Wildman–Crippen LogP) is 3.39. The highest BCUT2D eigenvalue weighted by atomic mass is 35.5. The van der Waals surface area contributed by atoms with Gasteiger partial charge >= 0.3 is 0 Å². The second-order valence-electron chi connectivity index (χ2n) is 7.58. The third kappa shape index (κ3) is 4.57. The van der Waals surface area contributed by atoms with E-state index in [0.717, 1.165) is 32.7 Å². The number of hydrogen-bond donors (Lipinski definition) is 1. The third-order valence-electron chi connectivity index (χ3n) is 5.58. The Balaban J connectivity index is 0.00000225. The van der Waals surface area contributed by atoms with Crippen molar-refractivity contribution in [2.75, 3.05) is 46.9 Å². The number of methoxy groups -OCH3 is 2. The Morgan fingerprint density at radius 3 is 2.16 bits per heavy atom. The van der Waals surface area contributed by atoms with E-state index in [1.54, 1.807) is 32.4 Å². The summed E-state index contributed by atoms with van der Waals surface area (Å²) in [7, 11) is 3.20. The molecule has 25 heavy (non-hydrogen) atoms. The number of piperidine rings is 1. The molecule has 2 heterocycles. The maximum atomic E-state index is 15.6. The Hall–Kier alpha value is -1.04. The summed E-state index contributed by atoms with van der Waals surface area (Å²) in [5.74, 6) is 1.29. The number of nitrogens with one attached hydrogen (secondary N) is 1. The number of nitrogens with zero attached hydrogens (tertiary/aromatic N) is 1. The molecule has 0 aromatic heterocycles. The molecular formula is C19H30ClFN2O2. The summed E-state index contributed by atoms with van der Waals surface area (Å²) in [5.41, 5.74) is -0.296. The molecule has 142 valence electrons. The maximum Gasteiger partial charge on any atom is 0.138 e. The van der Waals surface area contributed by atoms with Gasteiger partial charge in [0.15, 0.2) is 0 Å². The van der Waals surface area contributed by atoms with Crippen LogP contribution in [-0.2, 0) is 5.67 Å². The minimum absolute atomic E-state index is 0. The zero-order valence-electron chi connectivity index (χ0n) is 15.4. The summed E-state index contributed by atoms with van der Waals surface area (Å²) >= 11 is 0. The molecule has 1 unspecified atom stereocenters. The van der Waals surface area contributed by atoms with Crippen LogP contribution in [0.3, 0.4) is 0 Å². The van der Waals surface area contributed by atoms with E-state index in [1.165, 1.54) is 6.42 Å². The lowest BCUT2D eigenvalue weighted by atomic mass is 9.83. The van der Waals surface area contributed by atoms with E-state index in [-0.39, 0.29) is 12.4 Å². The van der Waals surface area contributed by atoms with Gasteiger partial charge in [-0.1, -0.05) is 6.92 Å². The minimum atomic E-state index is -1.30. The SMILES string of the molecule is COc1cc(OC)cc(C2(F)CCN(CC3(C)CCNC3)CC2)c1.Cl. The summed E-state index contributed by atoms with van der Waals surface area (Å²) in [4.78, 5) is 2.42. The molecule has 0 radical (unpaired) electrons. The van der Waals surface area contributed by atoms with Crippen LogP contribution in [0.4, 0.5) is 4.39 Å². The second kappa shape index (κ2) is 8.11. The number of alkyl halides is 1. The van der Waals surface area contributed by atoms with E-state index in [2.05, 4.69) is 17.1 Å². The first-order chi connectivity index (χ1) is 11.5. The number of ether oxygens (including phenoxy) is 2. The number of likely N-dealkylation sites (tertiary alicyclic amines) is 1. The molecule has 1 aromatic carbocycles. The van der Waals surface area contributed by atoms with E-state index >= 15 is 4.39 Å². The van der Waals surface area contributed by atoms with Gasteiger partial charge in [0, 0.05) is 32.2 Å². The minimum Gasteiger partial charge on any atom is -0.497 e. The standard InChI is InChI=1S/C19H29FN2O2.ClH/c1-18(4-7-21-13-18)14-22-8-5-19(20,6-9-22)15-10-16(23-2)12-17(11-15)24-3;/h10-12,21H,4-9,13-14H2,1-3H3;1H. The second-order valence-corrected chi connectivity index (χ2v) is 7.58. The lowest BCUT2D eigenvalue weighted by molar-refractivity contribution is 0.0390. The molecule has 4 nitrogen and oxygen atoms in total. The Morgan fingerprint density at radius 2 is 1.68 bits per heavy atom. The van der Waals surface area contributed by atoms with E-state index < -0.39 is 5.67 Å².